The fourth-order valence-electron chi connectivity index (χ4n) is 3.26. The summed E-state index contributed by atoms with van der Waals surface area (Å²) in [6.45, 7) is 0. The van der Waals surface area contributed by atoms with Gasteiger partial charge < -0.3 is 0 Å². The number of hydrogen-bond acceptors (Lipinski definition) is 10. The largest absolute Gasteiger partial charge is 0.298 e. The molecule has 0 aliphatic carbocycles. The molecule has 0 fully saturated rings. The van der Waals surface area contributed by atoms with Gasteiger partial charge in [0.1, 0.15) is 0 Å². The molecule has 3 aromatic carbocycles. The minimum Gasteiger partial charge on any atom is -0.298 e. The SMILES string of the molecule is O=C(Nc1nc2cc3sc(NC(=O)c4ccc([N+](=O)[O-])cc4)nc3cc2s1)c1ccc([N+](=O)[O-])cc1. The monoisotopic (exact) mass is 520 g/mol. The van der Waals surface area contributed by atoms with E-state index in [9.17, 15) is 29.8 Å². The third kappa shape index (κ3) is 4.57. The number of carbonyl (C=O) groups is 2. The van der Waals surface area contributed by atoms with Crippen LogP contribution in [0.3, 0.4) is 0 Å². The molecule has 178 valence electrons. The zero-order valence-electron chi connectivity index (χ0n) is 17.8. The summed E-state index contributed by atoms with van der Waals surface area (Å²) in [7, 11) is 0. The van der Waals surface area contributed by atoms with E-state index < -0.39 is 21.7 Å². The van der Waals surface area contributed by atoms with E-state index in [1.165, 1.54) is 71.2 Å². The van der Waals surface area contributed by atoms with E-state index in [1.54, 1.807) is 12.1 Å². The number of amides is 2. The topological polar surface area (TPSA) is 170 Å². The van der Waals surface area contributed by atoms with Gasteiger partial charge in [-0.3, -0.25) is 40.5 Å². The quantitative estimate of drug-likeness (QED) is 0.226. The van der Waals surface area contributed by atoms with Crippen molar-refractivity contribution in [3.8, 4) is 0 Å². The molecule has 0 radical (unpaired) electrons. The molecule has 36 heavy (non-hydrogen) atoms. The minimum absolute atomic E-state index is 0.109. The zero-order valence-corrected chi connectivity index (χ0v) is 19.5. The van der Waals surface area contributed by atoms with Crippen LogP contribution in [-0.4, -0.2) is 31.6 Å². The van der Waals surface area contributed by atoms with Crippen LogP contribution < -0.4 is 10.6 Å². The summed E-state index contributed by atoms with van der Waals surface area (Å²) in [6, 6.07) is 14.1. The van der Waals surface area contributed by atoms with Gasteiger partial charge in [0.05, 0.1) is 30.3 Å². The maximum absolute atomic E-state index is 12.5. The number of aromatic nitrogens is 2. The molecule has 0 spiro atoms. The molecule has 0 aliphatic rings. The third-order valence-corrected chi connectivity index (χ3v) is 6.89. The molecule has 0 atom stereocenters. The smallest absolute Gasteiger partial charge is 0.269 e. The number of carbonyl (C=O) groups excluding carboxylic acids is 2. The lowest BCUT2D eigenvalue weighted by Gasteiger charge is -2.01. The second kappa shape index (κ2) is 9.09. The van der Waals surface area contributed by atoms with Gasteiger partial charge >= 0.3 is 0 Å². The number of nitrogens with zero attached hydrogens (tertiary/aromatic N) is 4. The number of hydrogen-bond donors (Lipinski definition) is 2. The summed E-state index contributed by atoms with van der Waals surface area (Å²) < 4.78 is 1.53. The Hall–Kier alpha value is -4.82. The van der Waals surface area contributed by atoms with E-state index in [1.807, 2.05) is 0 Å². The Morgan fingerprint density at radius 3 is 1.36 bits per heavy atom. The van der Waals surface area contributed by atoms with Gasteiger partial charge in [-0.15, -0.1) is 0 Å². The molecular weight excluding hydrogens is 508 g/mol. The molecule has 2 heterocycles. The van der Waals surface area contributed by atoms with Gasteiger partial charge in [-0.2, -0.15) is 0 Å². The Morgan fingerprint density at radius 1 is 0.667 bits per heavy atom. The lowest BCUT2D eigenvalue weighted by Crippen LogP contribution is -2.11. The molecule has 0 saturated carbocycles. The highest BCUT2D eigenvalue weighted by Gasteiger charge is 2.15. The van der Waals surface area contributed by atoms with Crippen LogP contribution >= 0.6 is 22.7 Å². The summed E-state index contributed by atoms with van der Waals surface area (Å²) in [5.41, 5.74) is 1.56. The highest BCUT2D eigenvalue weighted by atomic mass is 32.1. The van der Waals surface area contributed by atoms with Crippen LogP contribution in [0.25, 0.3) is 20.4 Å². The molecule has 5 aromatic rings. The Morgan fingerprint density at radius 2 is 1.03 bits per heavy atom. The fraction of sp³-hybridized carbons (Fsp3) is 0. The molecule has 2 aromatic heterocycles. The minimum atomic E-state index is -0.540. The molecule has 0 saturated heterocycles. The summed E-state index contributed by atoms with van der Waals surface area (Å²) in [5, 5.41) is 27.6. The van der Waals surface area contributed by atoms with E-state index in [4.69, 9.17) is 0 Å². The average Bonchev–Trinajstić information content (AvgIpc) is 3.43. The van der Waals surface area contributed by atoms with Gasteiger partial charge in [-0.25, -0.2) is 9.97 Å². The zero-order chi connectivity index (χ0) is 25.4. The predicted octanol–water partition coefficient (Wildman–Crippen LogP) is 5.23. The number of fused-ring (bicyclic) bond motifs is 2. The van der Waals surface area contributed by atoms with Crippen LogP contribution in [0.2, 0.25) is 0 Å². The first-order valence-electron chi connectivity index (χ1n) is 10.1. The van der Waals surface area contributed by atoms with Crippen molar-refractivity contribution in [3.05, 3.63) is 92.0 Å². The van der Waals surface area contributed by atoms with Crippen molar-refractivity contribution in [2.75, 3.05) is 10.6 Å². The van der Waals surface area contributed by atoms with Gasteiger partial charge in [-0.05, 0) is 36.4 Å². The lowest BCUT2D eigenvalue weighted by molar-refractivity contribution is -0.385. The van der Waals surface area contributed by atoms with E-state index in [0.29, 0.717) is 21.3 Å². The second-order valence-electron chi connectivity index (χ2n) is 7.34. The van der Waals surface area contributed by atoms with Crippen LogP contribution in [0.15, 0.2) is 60.7 Å². The molecule has 0 unspecified atom stereocenters. The molecule has 2 N–H and O–H groups in total. The summed E-state index contributed by atoms with van der Waals surface area (Å²) in [4.78, 5) is 54.3. The van der Waals surface area contributed by atoms with Gasteiger partial charge in [0.15, 0.2) is 10.3 Å². The van der Waals surface area contributed by atoms with Crippen molar-refractivity contribution < 1.29 is 19.4 Å². The number of nitro benzene ring substituents is 2. The standard InChI is InChI=1S/C22H12N6O6S2/c29-19(11-1-5-13(6-2-11)27(31)32)25-21-23-15-9-18-16(10-17(15)35-21)24-22(36-18)26-20(30)12-3-7-14(8-4-12)28(33)34/h1-10H,(H,23,25,29)(H,24,26,30). The maximum atomic E-state index is 12.5. The molecule has 2 amide bonds. The molecule has 0 aliphatic heterocycles. The first-order chi connectivity index (χ1) is 17.3. The van der Waals surface area contributed by atoms with Crippen LogP contribution in [-0.2, 0) is 0 Å². The molecule has 14 heteroatoms. The molecule has 12 nitrogen and oxygen atoms in total. The van der Waals surface area contributed by atoms with E-state index in [2.05, 4.69) is 20.6 Å². The van der Waals surface area contributed by atoms with Gasteiger partial charge in [0.2, 0.25) is 0 Å². The Kier molecular flexibility index (Phi) is 5.79. The van der Waals surface area contributed by atoms with Crippen LogP contribution in [0, 0.1) is 20.2 Å². The maximum Gasteiger partial charge on any atom is 0.269 e. The van der Waals surface area contributed by atoms with Crippen molar-refractivity contribution in [1.82, 2.24) is 9.97 Å². The van der Waals surface area contributed by atoms with Crippen molar-refractivity contribution >= 4 is 76.6 Å². The number of rotatable bonds is 6. The average molecular weight is 521 g/mol. The normalized spacial score (nSPS) is 10.9. The van der Waals surface area contributed by atoms with Crippen molar-refractivity contribution in [2.24, 2.45) is 0 Å². The van der Waals surface area contributed by atoms with Crippen molar-refractivity contribution in [1.29, 1.82) is 0 Å². The second-order valence-corrected chi connectivity index (χ2v) is 9.40. The number of anilines is 2. The van der Waals surface area contributed by atoms with Crippen LogP contribution in [0.1, 0.15) is 20.7 Å². The number of nitrogens with one attached hydrogen (secondary N) is 2. The number of thiazole rings is 2. The third-order valence-electron chi connectivity index (χ3n) is 5.02. The fourth-order valence-corrected chi connectivity index (χ4v) is 5.02. The van der Waals surface area contributed by atoms with Crippen LogP contribution in [0.4, 0.5) is 21.6 Å². The van der Waals surface area contributed by atoms with E-state index in [-0.39, 0.29) is 22.5 Å². The first-order valence-corrected chi connectivity index (χ1v) is 11.7. The highest BCUT2D eigenvalue weighted by Crippen LogP contribution is 2.34. The van der Waals surface area contributed by atoms with E-state index in [0.717, 1.165) is 9.40 Å². The van der Waals surface area contributed by atoms with Gasteiger partial charge in [0.25, 0.3) is 23.2 Å². The molecule has 5 rings (SSSR count). The molecule has 0 bridgehead atoms. The van der Waals surface area contributed by atoms with Crippen LogP contribution in [0.5, 0.6) is 0 Å². The molecular formula is C22H12N6O6S2. The number of non-ortho nitro benzene ring substituents is 2. The summed E-state index contributed by atoms with van der Waals surface area (Å²) >= 11 is 2.48. The first kappa shape index (κ1) is 22.9. The van der Waals surface area contributed by atoms with Gasteiger partial charge in [0, 0.05) is 35.4 Å². The van der Waals surface area contributed by atoms with Gasteiger partial charge in [-0.1, -0.05) is 22.7 Å². The number of benzene rings is 3. The van der Waals surface area contributed by atoms with Crippen molar-refractivity contribution in [3.63, 3.8) is 0 Å². The Balaban J connectivity index is 1.32. The predicted molar refractivity (Wildman–Crippen MR) is 135 cm³/mol. The Bertz CT molecular complexity index is 1510. The Labute approximate surface area is 208 Å². The number of nitro groups is 2. The lowest BCUT2D eigenvalue weighted by atomic mass is 10.2. The highest BCUT2D eigenvalue weighted by molar-refractivity contribution is 7.23. The van der Waals surface area contributed by atoms with Crippen molar-refractivity contribution in [2.45, 2.75) is 0 Å². The summed E-state index contributed by atoms with van der Waals surface area (Å²) in [6.07, 6.45) is 0. The van der Waals surface area contributed by atoms with E-state index >= 15 is 0 Å². The summed E-state index contributed by atoms with van der Waals surface area (Å²) in [5.74, 6) is -0.889.